The lowest BCUT2D eigenvalue weighted by Crippen LogP contribution is -2.48. The van der Waals surface area contributed by atoms with Crippen molar-refractivity contribution < 1.29 is 14.6 Å². The van der Waals surface area contributed by atoms with Crippen LogP contribution in [0.25, 0.3) is 0 Å². The lowest BCUT2D eigenvalue weighted by Gasteiger charge is -2.32. The van der Waals surface area contributed by atoms with E-state index in [2.05, 4.69) is 17.2 Å². The molecule has 1 saturated heterocycles. The van der Waals surface area contributed by atoms with Crippen LogP contribution in [0.1, 0.15) is 11.1 Å². The average molecular weight is 336 g/mol. The number of rotatable bonds is 2. The number of amides is 2. The molecule has 1 heterocycles. The van der Waals surface area contributed by atoms with Gasteiger partial charge in [0.1, 0.15) is 0 Å². The molecule has 0 aliphatic carbocycles. The highest BCUT2D eigenvalue weighted by Crippen LogP contribution is 2.16. The molecule has 1 atom stereocenters. The predicted octanol–water partition coefficient (Wildman–Crippen LogP) is 2.31. The van der Waals surface area contributed by atoms with Gasteiger partial charge in [0, 0.05) is 17.7 Å². The van der Waals surface area contributed by atoms with Gasteiger partial charge in [0.2, 0.25) is 0 Å². The molecule has 2 N–H and O–H groups in total. The first-order valence-electron chi connectivity index (χ1n) is 8.21. The van der Waals surface area contributed by atoms with Gasteiger partial charge in [-0.15, -0.1) is 0 Å². The van der Waals surface area contributed by atoms with Gasteiger partial charge in [-0.05, 0) is 24.3 Å². The molecule has 0 spiro atoms. The predicted molar refractivity (Wildman–Crippen MR) is 96.3 cm³/mol. The summed E-state index contributed by atoms with van der Waals surface area (Å²) in [5, 5.41) is 12.1. The highest BCUT2D eigenvalue weighted by Gasteiger charge is 2.23. The summed E-state index contributed by atoms with van der Waals surface area (Å²) < 4.78 is 5.37. The molecule has 5 heteroatoms. The topological polar surface area (TPSA) is 61.8 Å². The molecule has 3 rings (SSSR count). The number of benzene rings is 2. The molecular weight excluding hydrogens is 316 g/mol. The fourth-order valence-corrected chi connectivity index (χ4v) is 2.57. The summed E-state index contributed by atoms with van der Waals surface area (Å²) in [7, 11) is 0. The molecule has 0 aromatic heterocycles. The van der Waals surface area contributed by atoms with E-state index in [0.717, 1.165) is 11.1 Å². The number of anilines is 1. The van der Waals surface area contributed by atoms with Crippen molar-refractivity contribution in [2.24, 2.45) is 0 Å². The van der Waals surface area contributed by atoms with Gasteiger partial charge in [-0.2, -0.15) is 0 Å². The van der Waals surface area contributed by atoms with Gasteiger partial charge in [-0.1, -0.05) is 42.2 Å². The summed E-state index contributed by atoms with van der Waals surface area (Å²) in [6.45, 7) is 1.21. The zero-order valence-electron chi connectivity index (χ0n) is 13.8. The fraction of sp³-hybridized carbons (Fsp3) is 0.250. The molecule has 2 amide bonds. The third-order valence-electron chi connectivity index (χ3n) is 3.91. The van der Waals surface area contributed by atoms with Crippen LogP contribution in [0.4, 0.5) is 10.5 Å². The lowest BCUT2D eigenvalue weighted by atomic mass is 10.1. The first kappa shape index (κ1) is 17.0. The third kappa shape index (κ3) is 4.60. The van der Waals surface area contributed by atoms with Gasteiger partial charge in [0.25, 0.3) is 0 Å². The molecule has 2 aromatic rings. The van der Waals surface area contributed by atoms with Crippen LogP contribution >= 0.6 is 0 Å². The number of hydrogen-bond acceptors (Lipinski definition) is 3. The van der Waals surface area contributed by atoms with Crippen LogP contribution in [-0.4, -0.2) is 48.4 Å². The summed E-state index contributed by atoms with van der Waals surface area (Å²) >= 11 is 0. The maximum atomic E-state index is 12.5. The molecule has 2 aromatic carbocycles. The second-order valence-electron chi connectivity index (χ2n) is 5.71. The minimum absolute atomic E-state index is 0.0943. The fourth-order valence-electron chi connectivity index (χ4n) is 2.57. The molecular formula is C20H20N2O3. The van der Waals surface area contributed by atoms with Gasteiger partial charge >= 0.3 is 6.03 Å². The van der Waals surface area contributed by atoms with E-state index < -0.39 is 0 Å². The van der Waals surface area contributed by atoms with E-state index in [9.17, 15) is 9.90 Å². The van der Waals surface area contributed by atoms with Crippen molar-refractivity contribution in [3.63, 3.8) is 0 Å². The number of urea groups is 1. The van der Waals surface area contributed by atoms with Gasteiger partial charge in [-0.25, -0.2) is 4.79 Å². The van der Waals surface area contributed by atoms with E-state index in [1.165, 1.54) is 0 Å². The maximum Gasteiger partial charge on any atom is 0.322 e. The van der Waals surface area contributed by atoms with Crippen LogP contribution < -0.4 is 5.32 Å². The summed E-state index contributed by atoms with van der Waals surface area (Å²) in [6, 6.07) is 16.9. The van der Waals surface area contributed by atoms with Crippen LogP contribution in [0.2, 0.25) is 0 Å². The molecule has 1 fully saturated rings. The van der Waals surface area contributed by atoms with Crippen LogP contribution in [0.5, 0.6) is 0 Å². The molecule has 0 unspecified atom stereocenters. The van der Waals surface area contributed by atoms with Crippen molar-refractivity contribution in [2.45, 2.75) is 6.10 Å². The van der Waals surface area contributed by atoms with Crippen molar-refractivity contribution >= 4 is 11.7 Å². The maximum absolute atomic E-state index is 12.5. The molecule has 1 aliphatic heterocycles. The molecule has 0 bridgehead atoms. The number of hydrogen-bond donors (Lipinski definition) is 2. The molecule has 0 radical (unpaired) electrons. The van der Waals surface area contributed by atoms with E-state index in [1.54, 1.807) is 4.90 Å². The van der Waals surface area contributed by atoms with Crippen LogP contribution in [0.3, 0.4) is 0 Å². The van der Waals surface area contributed by atoms with Crippen molar-refractivity contribution in [1.29, 1.82) is 0 Å². The molecule has 1 aliphatic rings. The Balaban J connectivity index is 1.73. The Hall–Kier alpha value is -2.81. The Morgan fingerprint density at radius 1 is 1.16 bits per heavy atom. The summed E-state index contributed by atoms with van der Waals surface area (Å²) in [5.74, 6) is 6.21. The normalized spacial score (nSPS) is 16.7. The largest absolute Gasteiger partial charge is 0.394 e. The number of carbonyl (C=O) groups is 1. The smallest absolute Gasteiger partial charge is 0.322 e. The molecule has 5 nitrogen and oxygen atoms in total. The second-order valence-corrected chi connectivity index (χ2v) is 5.71. The number of nitrogens with zero attached hydrogens (tertiary/aromatic N) is 1. The van der Waals surface area contributed by atoms with Crippen LogP contribution in [0, 0.1) is 11.8 Å². The standard InChI is InChI=1S/C20H20N2O3/c23-15-18-14-22(12-13-25-18)20(24)21-19-9-5-4-8-17(19)11-10-16-6-2-1-3-7-16/h1-9,18,23H,12-15H2,(H,21,24)/t18-/m0/s1. The highest BCUT2D eigenvalue weighted by molar-refractivity contribution is 5.91. The minimum atomic E-state index is -0.326. The van der Waals surface area contributed by atoms with Gasteiger partial charge in [-0.3, -0.25) is 0 Å². The van der Waals surface area contributed by atoms with E-state index in [0.29, 0.717) is 25.4 Å². The van der Waals surface area contributed by atoms with Gasteiger partial charge in [0.15, 0.2) is 0 Å². The highest BCUT2D eigenvalue weighted by atomic mass is 16.5. The zero-order chi connectivity index (χ0) is 17.5. The number of carbonyl (C=O) groups excluding carboxylic acids is 1. The van der Waals surface area contributed by atoms with E-state index >= 15 is 0 Å². The number of para-hydroxylation sites is 1. The number of nitrogens with one attached hydrogen (secondary N) is 1. The first-order valence-corrected chi connectivity index (χ1v) is 8.21. The minimum Gasteiger partial charge on any atom is -0.394 e. The lowest BCUT2D eigenvalue weighted by molar-refractivity contribution is -0.0388. The summed E-state index contributed by atoms with van der Waals surface area (Å²) in [6.07, 6.45) is -0.326. The molecule has 128 valence electrons. The van der Waals surface area contributed by atoms with E-state index in [1.807, 2.05) is 54.6 Å². The van der Waals surface area contributed by atoms with Crippen molar-refractivity contribution in [2.75, 3.05) is 31.6 Å². The molecule has 25 heavy (non-hydrogen) atoms. The van der Waals surface area contributed by atoms with Crippen molar-refractivity contribution in [3.05, 3.63) is 65.7 Å². The van der Waals surface area contributed by atoms with E-state index in [-0.39, 0.29) is 18.7 Å². The van der Waals surface area contributed by atoms with Crippen LogP contribution in [0.15, 0.2) is 54.6 Å². The Kier molecular flexibility index (Phi) is 5.68. The summed E-state index contributed by atoms with van der Waals surface area (Å²) in [4.78, 5) is 14.1. The Morgan fingerprint density at radius 3 is 2.72 bits per heavy atom. The number of aliphatic hydroxyl groups is 1. The van der Waals surface area contributed by atoms with Crippen LogP contribution in [-0.2, 0) is 4.74 Å². The summed E-state index contributed by atoms with van der Waals surface area (Å²) in [5.41, 5.74) is 2.34. The van der Waals surface area contributed by atoms with Gasteiger partial charge < -0.3 is 20.1 Å². The van der Waals surface area contributed by atoms with Crippen molar-refractivity contribution in [1.82, 2.24) is 4.90 Å². The number of morpholine rings is 1. The third-order valence-corrected chi connectivity index (χ3v) is 3.91. The van der Waals surface area contributed by atoms with Crippen molar-refractivity contribution in [3.8, 4) is 11.8 Å². The Morgan fingerprint density at radius 2 is 1.92 bits per heavy atom. The monoisotopic (exact) mass is 336 g/mol. The number of ether oxygens (including phenoxy) is 1. The average Bonchev–Trinajstić information content (AvgIpc) is 2.68. The number of aliphatic hydroxyl groups excluding tert-OH is 1. The SMILES string of the molecule is O=C(Nc1ccccc1C#Cc1ccccc1)N1CCO[C@H](CO)C1. The Labute approximate surface area is 147 Å². The zero-order valence-corrected chi connectivity index (χ0v) is 13.8. The second kappa shape index (κ2) is 8.34. The quantitative estimate of drug-likeness (QED) is 0.828. The molecule has 0 saturated carbocycles. The van der Waals surface area contributed by atoms with E-state index in [4.69, 9.17) is 4.74 Å². The van der Waals surface area contributed by atoms with Gasteiger partial charge in [0.05, 0.1) is 31.5 Å². The first-order chi connectivity index (χ1) is 12.3. The Bertz CT molecular complexity index is 780.